The van der Waals surface area contributed by atoms with Crippen LogP contribution in [0.5, 0.6) is 11.5 Å². The number of carbonyl (C=O) groups is 5. The number of ether oxygens (including phenoxy) is 4. The summed E-state index contributed by atoms with van der Waals surface area (Å²) >= 11 is 11.9. The molecule has 4 heterocycles. The number of hydrogen-bond acceptors (Lipinski definition) is 13. The maximum absolute atomic E-state index is 14.8. The molecule has 1 aromatic heterocycles. The van der Waals surface area contributed by atoms with E-state index < -0.39 is 35.5 Å². The second-order valence-electron chi connectivity index (χ2n) is 13.9. The monoisotopic (exact) mass is 851 g/mol. The van der Waals surface area contributed by atoms with Crippen molar-refractivity contribution in [3.05, 3.63) is 75.8 Å². The number of benzene rings is 3. The Balaban J connectivity index is 0.810. The number of methoxy groups -OCH3 is 1. The number of halogens is 3. The van der Waals surface area contributed by atoms with Crippen molar-refractivity contribution in [1.82, 2.24) is 25.1 Å². The van der Waals surface area contributed by atoms with E-state index in [2.05, 4.69) is 25.9 Å². The summed E-state index contributed by atoms with van der Waals surface area (Å²) in [6.07, 6.45) is 2.67. The van der Waals surface area contributed by atoms with Crippen molar-refractivity contribution in [3.8, 4) is 11.5 Å². The van der Waals surface area contributed by atoms with Gasteiger partial charge in [-0.15, -0.1) is 0 Å². The van der Waals surface area contributed by atoms with Gasteiger partial charge in [0, 0.05) is 56.0 Å². The van der Waals surface area contributed by atoms with E-state index >= 15 is 0 Å². The smallest absolute Gasteiger partial charge is 0.264 e. The lowest BCUT2D eigenvalue weighted by Gasteiger charge is -2.32. The van der Waals surface area contributed by atoms with Crippen LogP contribution in [0.3, 0.4) is 0 Å². The summed E-state index contributed by atoms with van der Waals surface area (Å²) in [5.74, 6) is -1.75. The molecule has 1 unspecified atom stereocenters. The average molecular weight is 853 g/mol. The number of likely N-dealkylation sites (tertiary alicyclic amines) is 1. The van der Waals surface area contributed by atoms with Gasteiger partial charge >= 0.3 is 0 Å². The van der Waals surface area contributed by atoms with Crippen LogP contribution in [0, 0.1) is 5.82 Å². The maximum Gasteiger partial charge on any atom is 0.264 e. The second-order valence-corrected chi connectivity index (χ2v) is 14.7. The van der Waals surface area contributed by atoms with Gasteiger partial charge in [-0.25, -0.2) is 14.4 Å². The minimum absolute atomic E-state index is 0.0288. The molecular weight excluding hydrogens is 812 g/mol. The highest BCUT2D eigenvalue weighted by molar-refractivity contribution is 6.42. The molecule has 310 valence electrons. The SMILES string of the molecule is COc1cc2ncnc(Nc3ccc(Cl)c(Cl)c3F)c2cc1OC1CCN(C(=O)CCOCCOCCNc2cccc3c2C(=O)N(C2CCC(=O)NC2=O)C3=O)CC1. The van der Waals surface area contributed by atoms with Gasteiger partial charge in [0.15, 0.2) is 17.3 Å². The molecule has 7 rings (SSSR count). The first-order valence-corrected chi connectivity index (χ1v) is 19.7. The van der Waals surface area contributed by atoms with Crippen LogP contribution in [0.15, 0.2) is 48.8 Å². The Labute approximate surface area is 347 Å². The zero-order chi connectivity index (χ0) is 41.6. The van der Waals surface area contributed by atoms with Gasteiger partial charge in [0.2, 0.25) is 17.7 Å². The van der Waals surface area contributed by atoms with Crippen LogP contribution in [0.2, 0.25) is 10.0 Å². The van der Waals surface area contributed by atoms with Crippen LogP contribution >= 0.6 is 23.2 Å². The van der Waals surface area contributed by atoms with Crippen LogP contribution in [0.1, 0.15) is 52.8 Å². The highest BCUT2D eigenvalue weighted by atomic mass is 35.5. The molecule has 3 aliphatic heterocycles. The number of anilines is 3. The Morgan fingerprint density at radius 2 is 1.71 bits per heavy atom. The summed E-state index contributed by atoms with van der Waals surface area (Å²) in [6, 6.07) is 10.2. The summed E-state index contributed by atoms with van der Waals surface area (Å²) in [6.45, 7) is 2.39. The number of amides is 5. The van der Waals surface area contributed by atoms with Crippen molar-refractivity contribution >= 4 is 80.8 Å². The molecule has 3 aromatic carbocycles. The largest absolute Gasteiger partial charge is 0.493 e. The standard InChI is InChI=1S/C40H40Cl2FN7O9/c1-56-30-20-28-24(37(46-21-45-28)47-27-6-5-25(41)35(42)36(27)43)19-31(30)59-22-9-13-49(14-10-22)33(52)11-15-57-17-18-58-16-12-44-26-4-2-3-23-34(26)40(55)50(39(23)54)29-7-8-32(51)48-38(29)53/h2-6,19-22,29,44H,7-18H2,1H3,(H,45,46,47)(H,48,51,53). The van der Waals surface area contributed by atoms with Crippen molar-refractivity contribution in [3.63, 3.8) is 0 Å². The average Bonchev–Trinajstić information content (AvgIpc) is 3.49. The van der Waals surface area contributed by atoms with Gasteiger partial charge in [-0.1, -0.05) is 29.3 Å². The van der Waals surface area contributed by atoms with E-state index in [1.165, 1.54) is 31.6 Å². The minimum atomic E-state index is -1.04. The van der Waals surface area contributed by atoms with Crippen molar-refractivity contribution in [2.24, 2.45) is 0 Å². The number of nitrogens with zero attached hydrogens (tertiary/aromatic N) is 4. The molecule has 19 heteroatoms. The third-order valence-electron chi connectivity index (χ3n) is 10.2. The number of fused-ring (bicyclic) bond motifs is 2. The van der Waals surface area contributed by atoms with E-state index in [4.69, 9.17) is 42.1 Å². The first-order chi connectivity index (χ1) is 28.5. The number of aromatic nitrogens is 2. The van der Waals surface area contributed by atoms with Gasteiger partial charge in [-0.3, -0.25) is 34.2 Å². The number of hydrogen-bond donors (Lipinski definition) is 3. The van der Waals surface area contributed by atoms with E-state index in [1.54, 1.807) is 29.2 Å². The minimum Gasteiger partial charge on any atom is -0.493 e. The molecular formula is C40H40Cl2FN7O9. The first kappa shape index (κ1) is 41.5. The lowest BCUT2D eigenvalue weighted by molar-refractivity contribution is -0.136. The van der Waals surface area contributed by atoms with Crippen LogP contribution in [-0.4, -0.2) is 115 Å². The van der Waals surface area contributed by atoms with Crippen LogP contribution in [0.25, 0.3) is 10.9 Å². The molecule has 59 heavy (non-hydrogen) atoms. The van der Waals surface area contributed by atoms with E-state index in [9.17, 15) is 28.4 Å². The maximum atomic E-state index is 14.8. The van der Waals surface area contributed by atoms with Gasteiger partial charge in [-0.05, 0) is 36.8 Å². The summed E-state index contributed by atoms with van der Waals surface area (Å²) in [7, 11) is 1.53. The molecule has 0 aliphatic carbocycles. The number of nitrogens with one attached hydrogen (secondary N) is 3. The molecule has 0 spiro atoms. The van der Waals surface area contributed by atoms with Gasteiger partial charge < -0.3 is 34.5 Å². The molecule has 5 amide bonds. The number of piperidine rings is 2. The molecule has 0 radical (unpaired) electrons. The summed E-state index contributed by atoms with van der Waals surface area (Å²) in [4.78, 5) is 74.5. The van der Waals surface area contributed by atoms with Crippen LogP contribution in [0.4, 0.5) is 21.6 Å². The summed E-state index contributed by atoms with van der Waals surface area (Å²) in [5, 5.41) is 8.74. The molecule has 0 saturated carbocycles. The highest BCUT2D eigenvalue weighted by Crippen LogP contribution is 2.38. The Hall–Kier alpha value is -5.62. The number of carbonyl (C=O) groups excluding carboxylic acids is 5. The van der Waals surface area contributed by atoms with E-state index in [0.29, 0.717) is 66.4 Å². The zero-order valence-corrected chi connectivity index (χ0v) is 33.4. The number of rotatable bonds is 16. The Morgan fingerprint density at radius 3 is 2.47 bits per heavy atom. The van der Waals surface area contributed by atoms with Crippen LogP contribution < -0.4 is 25.4 Å². The fourth-order valence-electron chi connectivity index (χ4n) is 7.13. The highest BCUT2D eigenvalue weighted by Gasteiger charge is 2.45. The third kappa shape index (κ3) is 9.17. The lowest BCUT2D eigenvalue weighted by atomic mass is 10.0. The van der Waals surface area contributed by atoms with Gasteiger partial charge in [0.05, 0.1) is 72.3 Å². The van der Waals surface area contributed by atoms with Crippen LogP contribution in [-0.2, 0) is 23.9 Å². The summed E-state index contributed by atoms with van der Waals surface area (Å²) < 4.78 is 38.0. The topological polar surface area (TPSA) is 191 Å². The van der Waals surface area contributed by atoms with Gasteiger partial charge in [0.25, 0.3) is 11.8 Å². The molecule has 16 nitrogen and oxygen atoms in total. The van der Waals surface area contributed by atoms with Gasteiger partial charge in [-0.2, -0.15) is 0 Å². The zero-order valence-electron chi connectivity index (χ0n) is 31.9. The van der Waals surface area contributed by atoms with Gasteiger partial charge in [0.1, 0.15) is 24.3 Å². The fraction of sp³-hybridized carbons (Fsp3) is 0.375. The predicted octanol–water partition coefficient (Wildman–Crippen LogP) is 5.13. The normalized spacial score (nSPS) is 17.0. The molecule has 4 aromatic rings. The predicted molar refractivity (Wildman–Crippen MR) is 214 cm³/mol. The van der Waals surface area contributed by atoms with E-state index in [-0.39, 0.29) is 84.6 Å². The molecule has 3 N–H and O–H groups in total. The van der Waals surface area contributed by atoms with E-state index in [0.717, 1.165) is 4.90 Å². The molecule has 0 bridgehead atoms. The first-order valence-electron chi connectivity index (χ1n) is 19.0. The fourth-order valence-corrected chi connectivity index (χ4v) is 7.44. The van der Waals surface area contributed by atoms with E-state index in [1.807, 2.05) is 0 Å². The van der Waals surface area contributed by atoms with Crippen molar-refractivity contribution in [2.45, 2.75) is 44.2 Å². The summed E-state index contributed by atoms with van der Waals surface area (Å²) in [5.41, 5.74) is 1.45. The molecule has 2 saturated heterocycles. The van der Waals surface area contributed by atoms with Crippen molar-refractivity contribution < 1.29 is 47.3 Å². The number of imide groups is 2. The molecule has 2 fully saturated rings. The third-order valence-corrected chi connectivity index (χ3v) is 10.9. The Bertz CT molecular complexity index is 2290. The Morgan fingerprint density at radius 1 is 0.932 bits per heavy atom. The molecule has 3 aliphatic rings. The van der Waals surface area contributed by atoms with Crippen molar-refractivity contribution in [1.29, 1.82) is 0 Å². The van der Waals surface area contributed by atoms with Crippen molar-refractivity contribution in [2.75, 3.05) is 63.8 Å². The lowest BCUT2D eigenvalue weighted by Crippen LogP contribution is -2.54. The molecule has 1 atom stereocenters. The quantitative estimate of drug-likeness (QED) is 0.0765. The second kappa shape index (κ2) is 18.5. The Kier molecular flexibility index (Phi) is 13.0.